The van der Waals surface area contributed by atoms with Crippen LogP contribution >= 0.6 is 0 Å². The standard InChI is InChI=1S/C12H23N3O2/c1-12(2,15-5-3-13-4-6-15)11(17)14-9-7-10(16)8-9/h9-10,13,16H,3-8H2,1-2H3,(H,14,17). The van der Waals surface area contributed by atoms with Crippen LogP contribution < -0.4 is 10.6 Å². The zero-order valence-corrected chi connectivity index (χ0v) is 10.7. The van der Waals surface area contributed by atoms with Crippen molar-refractivity contribution in [2.24, 2.45) is 0 Å². The number of amides is 1. The molecular weight excluding hydrogens is 218 g/mol. The van der Waals surface area contributed by atoms with E-state index in [-0.39, 0.29) is 18.1 Å². The fourth-order valence-electron chi connectivity index (χ4n) is 2.44. The van der Waals surface area contributed by atoms with Crippen molar-refractivity contribution >= 4 is 5.91 Å². The van der Waals surface area contributed by atoms with E-state index in [1.54, 1.807) is 0 Å². The highest BCUT2D eigenvalue weighted by Crippen LogP contribution is 2.22. The molecule has 1 saturated carbocycles. The molecule has 2 rings (SSSR count). The summed E-state index contributed by atoms with van der Waals surface area (Å²) in [5.41, 5.74) is -0.456. The van der Waals surface area contributed by atoms with Gasteiger partial charge >= 0.3 is 0 Å². The number of carbonyl (C=O) groups is 1. The van der Waals surface area contributed by atoms with Crippen LogP contribution in [0, 0.1) is 0 Å². The number of aliphatic hydroxyl groups is 1. The molecule has 0 aromatic heterocycles. The summed E-state index contributed by atoms with van der Waals surface area (Å²) in [6.45, 7) is 7.66. The fraction of sp³-hybridized carbons (Fsp3) is 0.917. The van der Waals surface area contributed by atoms with Gasteiger partial charge in [0.2, 0.25) is 5.91 Å². The summed E-state index contributed by atoms with van der Waals surface area (Å²) >= 11 is 0. The molecule has 1 saturated heterocycles. The number of nitrogens with zero attached hydrogens (tertiary/aromatic N) is 1. The van der Waals surface area contributed by atoms with Crippen LogP contribution in [-0.2, 0) is 4.79 Å². The highest BCUT2D eigenvalue weighted by molar-refractivity contribution is 5.85. The van der Waals surface area contributed by atoms with Gasteiger partial charge in [0.15, 0.2) is 0 Å². The molecule has 0 radical (unpaired) electrons. The largest absolute Gasteiger partial charge is 0.393 e. The summed E-state index contributed by atoms with van der Waals surface area (Å²) in [4.78, 5) is 14.4. The fourth-order valence-corrected chi connectivity index (χ4v) is 2.44. The van der Waals surface area contributed by atoms with E-state index in [2.05, 4.69) is 15.5 Å². The average Bonchev–Trinajstić information content (AvgIpc) is 2.28. The molecule has 3 N–H and O–H groups in total. The minimum absolute atomic E-state index is 0.0799. The Bertz CT molecular complexity index is 281. The van der Waals surface area contributed by atoms with E-state index in [1.807, 2.05) is 13.8 Å². The minimum atomic E-state index is -0.456. The summed E-state index contributed by atoms with van der Waals surface area (Å²) < 4.78 is 0. The lowest BCUT2D eigenvalue weighted by atomic mass is 9.88. The normalized spacial score (nSPS) is 30.8. The van der Waals surface area contributed by atoms with Gasteiger partial charge in [-0.1, -0.05) is 0 Å². The first kappa shape index (κ1) is 12.8. The molecule has 0 bridgehead atoms. The third kappa shape index (κ3) is 2.78. The van der Waals surface area contributed by atoms with Crippen LogP contribution in [0.1, 0.15) is 26.7 Å². The Morgan fingerprint density at radius 1 is 1.35 bits per heavy atom. The van der Waals surface area contributed by atoms with Gasteiger partial charge in [-0.3, -0.25) is 9.69 Å². The quantitative estimate of drug-likeness (QED) is 0.612. The van der Waals surface area contributed by atoms with Gasteiger partial charge in [-0.2, -0.15) is 0 Å². The first-order chi connectivity index (χ1) is 8.00. The van der Waals surface area contributed by atoms with Crippen LogP contribution in [0.4, 0.5) is 0 Å². The first-order valence-electron chi connectivity index (χ1n) is 6.45. The molecule has 2 fully saturated rings. The molecule has 5 heteroatoms. The number of rotatable bonds is 3. The summed E-state index contributed by atoms with van der Waals surface area (Å²) in [5.74, 6) is 0.0799. The lowest BCUT2D eigenvalue weighted by molar-refractivity contribution is -0.134. The molecule has 1 heterocycles. The molecule has 2 aliphatic rings. The zero-order valence-electron chi connectivity index (χ0n) is 10.7. The van der Waals surface area contributed by atoms with Crippen molar-refractivity contribution < 1.29 is 9.90 Å². The number of aliphatic hydroxyl groups excluding tert-OH is 1. The lowest BCUT2D eigenvalue weighted by Crippen LogP contribution is -2.62. The molecular formula is C12H23N3O2. The number of hydrogen-bond acceptors (Lipinski definition) is 4. The molecule has 0 spiro atoms. The number of piperazine rings is 1. The predicted octanol–water partition coefficient (Wildman–Crippen LogP) is -0.690. The molecule has 5 nitrogen and oxygen atoms in total. The number of carbonyl (C=O) groups excluding carboxylic acids is 1. The van der Waals surface area contributed by atoms with Crippen molar-refractivity contribution in [2.45, 2.75) is 44.4 Å². The number of hydrogen-bond donors (Lipinski definition) is 3. The van der Waals surface area contributed by atoms with Crippen LogP contribution in [0.3, 0.4) is 0 Å². The molecule has 17 heavy (non-hydrogen) atoms. The van der Waals surface area contributed by atoms with E-state index in [0.717, 1.165) is 26.2 Å². The number of nitrogens with one attached hydrogen (secondary N) is 2. The van der Waals surface area contributed by atoms with E-state index in [0.29, 0.717) is 12.8 Å². The van der Waals surface area contributed by atoms with Crippen molar-refractivity contribution in [3.63, 3.8) is 0 Å². The van der Waals surface area contributed by atoms with Crippen molar-refractivity contribution in [3.05, 3.63) is 0 Å². The Kier molecular flexibility index (Phi) is 3.70. The van der Waals surface area contributed by atoms with Gasteiger partial charge in [-0.05, 0) is 26.7 Å². The molecule has 0 aromatic carbocycles. The summed E-state index contributed by atoms with van der Waals surface area (Å²) in [7, 11) is 0. The van der Waals surface area contributed by atoms with E-state index in [9.17, 15) is 9.90 Å². The van der Waals surface area contributed by atoms with Gasteiger partial charge in [0, 0.05) is 32.2 Å². The Morgan fingerprint density at radius 2 is 1.94 bits per heavy atom. The van der Waals surface area contributed by atoms with E-state index >= 15 is 0 Å². The highest BCUT2D eigenvalue weighted by Gasteiger charge is 2.38. The van der Waals surface area contributed by atoms with Gasteiger partial charge < -0.3 is 15.7 Å². The molecule has 1 aliphatic carbocycles. The smallest absolute Gasteiger partial charge is 0.240 e. The Morgan fingerprint density at radius 3 is 2.47 bits per heavy atom. The van der Waals surface area contributed by atoms with Crippen LogP contribution in [-0.4, -0.2) is 59.8 Å². The molecule has 98 valence electrons. The van der Waals surface area contributed by atoms with Gasteiger partial charge in [-0.25, -0.2) is 0 Å². The Balaban J connectivity index is 1.87. The maximum absolute atomic E-state index is 12.2. The van der Waals surface area contributed by atoms with E-state index < -0.39 is 5.54 Å². The van der Waals surface area contributed by atoms with E-state index in [4.69, 9.17) is 0 Å². The van der Waals surface area contributed by atoms with Crippen molar-refractivity contribution in [1.82, 2.24) is 15.5 Å². The molecule has 0 unspecified atom stereocenters. The molecule has 1 aliphatic heterocycles. The second-order valence-corrected chi connectivity index (χ2v) is 5.59. The van der Waals surface area contributed by atoms with Gasteiger partial charge in [0.05, 0.1) is 11.6 Å². The summed E-state index contributed by atoms with van der Waals surface area (Å²) in [6, 6.07) is 0.166. The minimum Gasteiger partial charge on any atom is -0.393 e. The van der Waals surface area contributed by atoms with E-state index in [1.165, 1.54) is 0 Å². The van der Waals surface area contributed by atoms with Crippen LogP contribution in [0.15, 0.2) is 0 Å². The third-order valence-corrected chi connectivity index (χ3v) is 3.91. The third-order valence-electron chi connectivity index (χ3n) is 3.91. The van der Waals surface area contributed by atoms with Crippen molar-refractivity contribution in [1.29, 1.82) is 0 Å². The van der Waals surface area contributed by atoms with Gasteiger partial charge in [0.1, 0.15) is 0 Å². The van der Waals surface area contributed by atoms with Gasteiger partial charge in [-0.15, -0.1) is 0 Å². The summed E-state index contributed by atoms with van der Waals surface area (Å²) in [6.07, 6.45) is 1.18. The molecule has 1 amide bonds. The Hall–Kier alpha value is -0.650. The van der Waals surface area contributed by atoms with Crippen LogP contribution in [0.5, 0.6) is 0 Å². The second kappa shape index (κ2) is 4.92. The second-order valence-electron chi connectivity index (χ2n) is 5.59. The van der Waals surface area contributed by atoms with Crippen molar-refractivity contribution in [2.75, 3.05) is 26.2 Å². The maximum Gasteiger partial charge on any atom is 0.240 e. The summed E-state index contributed by atoms with van der Waals surface area (Å²) in [5, 5.41) is 15.5. The zero-order chi connectivity index (χ0) is 12.5. The van der Waals surface area contributed by atoms with Crippen LogP contribution in [0.2, 0.25) is 0 Å². The lowest BCUT2D eigenvalue weighted by Gasteiger charge is -2.42. The van der Waals surface area contributed by atoms with Crippen LogP contribution in [0.25, 0.3) is 0 Å². The SMILES string of the molecule is CC(C)(C(=O)NC1CC(O)C1)N1CCNCC1. The first-order valence-corrected chi connectivity index (χ1v) is 6.45. The maximum atomic E-state index is 12.2. The monoisotopic (exact) mass is 241 g/mol. The molecule has 0 atom stereocenters. The van der Waals surface area contributed by atoms with Crippen molar-refractivity contribution in [3.8, 4) is 0 Å². The molecule has 0 aromatic rings. The van der Waals surface area contributed by atoms with Gasteiger partial charge in [0.25, 0.3) is 0 Å². The highest BCUT2D eigenvalue weighted by atomic mass is 16.3. The topological polar surface area (TPSA) is 64.6 Å². The Labute approximate surface area is 103 Å². The average molecular weight is 241 g/mol. The predicted molar refractivity (Wildman–Crippen MR) is 65.7 cm³/mol.